The van der Waals surface area contributed by atoms with Gasteiger partial charge in [-0.05, 0) is 68.0 Å². The van der Waals surface area contributed by atoms with Crippen LogP contribution in [0.5, 0.6) is 0 Å². The van der Waals surface area contributed by atoms with E-state index in [0.717, 1.165) is 6.42 Å². The molecule has 1 fully saturated rings. The molecule has 0 amide bonds. The van der Waals surface area contributed by atoms with Crippen LogP contribution in [0.1, 0.15) is 22.7 Å². The van der Waals surface area contributed by atoms with Gasteiger partial charge in [0.25, 0.3) is 0 Å². The Morgan fingerprint density at radius 3 is 1.79 bits per heavy atom. The largest absolute Gasteiger partial charge is 0.545 e. The van der Waals surface area contributed by atoms with E-state index in [1.165, 1.54) is 52.7 Å². The minimum absolute atomic E-state index is 0.384. The molecule has 2 aromatic rings. The Labute approximate surface area is 230 Å². The third-order valence-corrected chi connectivity index (χ3v) is 7.03. The summed E-state index contributed by atoms with van der Waals surface area (Å²) in [5, 5.41) is 37.7. The van der Waals surface area contributed by atoms with E-state index in [1.807, 2.05) is 11.8 Å². The van der Waals surface area contributed by atoms with E-state index < -0.39 is 23.9 Å². The third-order valence-electron chi connectivity index (χ3n) is 5.82. The van der Waals surface area contributed by atoms with Gasteiger partial charge in [0, 0.05) is 42.0 Å². The van der Waals surface area contributed by atoms with E-state index in [4.69, 9.17) is 0 Å². The fraction of sp³-hybridized carbons (Fsp3) is 0.286. The summed E-state index contributed by atoms with van der Waals surface area (Å²) >= 11 is 1.94. The molecule has 1 atom stereocenters. The van der Waals surface area contributed by atoms with Gasteiger partial charge in [-0.15, -0.1) is 0 Å². The highest BCUT2D eigenvalue weighted by atomic mass is 32.2. The second kappa shape index (κ2) is 15.5. The highest BCUT2D eigenvalue weighted by Crippen LogP contribution is 2.43. The van der Waals surface area contributed by atoms with Gasteiger partial charge in [0.1, 0.15) is 0 Å². The average molecular weight is 553 g/mol. The smallest absolute Gasteiger partial charge is 0.0643 e. The molecular formula is C28H28N2O8S-4. The van der Waals surface area contributed by atoms with Crippen LogP contribution in [-0.2, 0) is 25.6 Å². The highest BCUT2D eigenvalue weighted by Gasteiger charge is 2.29. The number of aryl methyl sites for hydroxylation is 1. The monoisotopic (exact) mass is 552 g/mol. The van der Waals surface area contributed by atoms with Crippen molar-refractivity contribution in [2.45, 2.75) is 29.2 Å². The topological polar surface area (TPSA) is 167 Å². The number of aliphatic carboxylic acids is 4. The van der Waals surface area contributed by atoms with Crippen LogP contribution in [0, 0.1) is 6.92 Å². The number of hydrogen-bond donors (Lipinski definition) is 0. The van der Waals surface area contributed by atoms with Crippen molar-refractivity contribution in [2.75, 3.05) is 33.2 Å². The predicted molar refractivity (Wildman–Crippen MR) is 136 cm³/mol. The summed E-state index contributed by atoms with van der Waals surface area (Å²) in [6, 6.07) is 16.4. The minimum Gasteiger partial charge on any atom is -0.545 e. The Morgan fingerprint density at radius 1 is 0.769 bits per heavy atom. The molecule has 0 aliphatic carbocycles. The molecular weight excluding hydrogens is 524 g/mol. The molecule has 2 aliphatic heterocycles. The summed E-state index contributed by atoms with van der Waals surface area (Å²) in [4.78, 5) is 45.7. The number of piperazine rings is 1. The molecule has 10 nitrogen and oxygen atoms in total. The lowest BCUT2D eigenvalue weighted by Gasteiger charge is -2.38. The van der Waals surface area contributed by atoms with Gasteiger partial charge < -0.3 is 44.5 Å². The molecule has 2 aromatic carbocycles. The van der Waals surface area contributed by atoms with Gasteiger partial charge in [-0.1, -0.05) is 47.7 Å². The van der Waals surface area contributed by atoms with Crippen molar-refractivity contribution < 1.29 is 39.6 Å². The number of fused-ring (bicyclic) bond motifs is 2. The van der Waals surface area contributed by atoms with E-state index in [9.17, 15) is 39.6 Å². The zero-order chi connectivity index (χ0) is 28.9. The molecule has 1 saturated heterocycles. The molecule has 208 valence electrons. The Morgan fingerprint density at radius 2 is 1.28 bits per heavy atom. The van der Waals surface area contributed by atoms with Crippen LogP contribution in [0.3, 0.4) is 0 Å². The lowest BCUT2D eigenvalue weighted by molar-refractivity contribution is -0.301. The van der Waals surface area contributed by atoms with Crippen LogP contribution in [0.4, 0.5) is 0 Å². The van der Waals surface area contributed by atoms with Crippen molar-refractivity contribution in [3.63, 3.8) is 0 Å². The third kappa shape index (κ3) is 11.1. The van der Waals surface area contributed by atoms with Crippen molar-refractivity contribution in [3.8, 4) is 0 Å². The van der Waals surface area contributed by atoms with Crippen molar-refractivity contribution in [1.82, 2.24) is 9.80 Å². The summed E-state index contributed by atoms with van der Waals surface area (Å²) in [6.45, 7) is 6.89. The maximum atomic E-state index is 9.41. The predicted octanol–water partition coefficient (Wildman–Crippen LogP) is -1.92. The molecule has 0 N–H and O–H groups in total. The summed E-state index contributed by atoms with van der Waals surface area (Å²) in [6.07, 6.45) is 2.67. The first-order valence-corrected chi connectivity index (χ1v) is 12.8. The van der Waals surface area contributed by atoms with Crippen molar-refractivity contribution in [2.24, 2.45) is 0 Å². The molecule has 0 bridgehead atoms. The minimum atomic E-state index is -1.55. The number of carboxylic acids is 4. The van der Waals surface area contributed by atoms with Gasteiger partial charge >= 0.3 is 0 Å². The zero-order valence-electron chi connectivity index (χ0n) is 21.5. The Bertz CT molecular complexity index is 1170. The second-order valence-electron chi connectivity index (χ2n) is 8.75. The van der Waals surface area contributed by atoms with Crippen LogP contribution in [0.15, 0.2) is 76.6 Å². The average Bonchev–Trinajstić information content (AvgIpc) is 3.04. The van der Waals surface area contributed by atoms with Gasteiger partial charge in [-0.2, -0.15) is 0 Å². The van der Waals surface area contributed by atoms with Crippen molar-refractivity contribution in [3.05, 3.63) is 83.5 Å². The molecule has 0 radical (unpaired) electrons. The van der Waals surface area contributed by atoms with Crippen LogP contribution < -0.4 is 20.4 Å². The molecule has 2 heterocycles. The number of rotatable bonds is 5. The normalized spacial score (nSPS) is 17.0. The lowest BCUT2D eigenvalue weighted by atomic mass is 9.95. The first-order chi connectivity index (χ1) is 18.5. The number of benzene rings is 2. The lowest BCUT2D eigenvalue weighted by Crippen LogP contribution is -2.46. The number of carboxylic acid groups (broad SMARTS) is 4. The van der Waals surface area contributed by atoms with Gasteiger partial charge in [0.05, 0.1) is 23.9 Å². The molecule has 0 aromatic heterocycles. The standard InChI is InChI=1S/C20H24N2S.2C4H4O4/c1-15-7-8-20-17(13-15)18(22-11-9-21(2)10-12-22)14-16-5-3-4-6-19(16)23-20;2*5-3(6)1-2-4(7)8/h3-8,13,18H,9-12,14H2,1-2H3;2*1-2H,(H,5,6)(H,7,8)/p-4/b;2*2-1-. The fourth-order valence-electron chi connectivity index (χ4n) is 3.96. The van der Waals surface area contributed by atoms with Gasteiger partial charge in [-0.25, -0.2) is 0 Å². The Balaban J connectivity index is 0.000000277. The zero-order valence-corrected chi connectivity index (χ0v) is 22.3. The van der Waals surface area contributed by atoms with Crippen LogP contribution in [-0.4, -0.2) is 66.9 Å². The van der Waals surface area contributed by atoms with Crippen LogP contribution in [0.25, 0.3) is 0 Å². The Kier molecular flexibility index (Phi) is 12.4. The van der Waals surface area contributed by atoms with Gasteiger partial charge in [0.2, 0.25) is 0 Å². The SMILES string of the molecule is Cc1ccc2c(c1)C(N1CCN(C)CC1)Cc1ccccc1S2.O=C([O-])/C=C\C(=O)[O-].O=C([O-])/C=C\C(=O)[O-]. The molecule has 11 heteroatoms. The molecule has 39 heavy (non-hydrogen) atoms. The van der Waals surface area contributed by atoms with E-state index in [2.05, 4.69) is 66.2 Å². The first kappa shape index (κ1) is 31.3. The molecule has 1 unspecified atom stereocenters. The van der Waals surface area contributed by atoms with Crippen LogP contribution in [0.2, 0.25) is 0 Å². The maximum Gasteiger partial charge on any atom is 0.0643 e. The second-order valence-corrected chi connectivity index (χ2v) is 9.84. The van der Waals surface area contributed by atoms with Crippen molar-refractivity contribution in [1.29, 1.82) is 0 Å². The molecule has 4 rings (SSSR count). The quantitative estimate of drug-likeness (QED) is 0.379. The van der Waals surface area contributed by atoms with Crippen molar-refractivity contribution >= 4 is 35.6 Å². The number of likely N-dealkylation sites (N-methyl/N-ethyl adjacent to an activating group) is 1. The van der Waals surface area contributed by atoms with E-state index in [1.54, 1.807) is 0 Å². The van der Waals surface area contributed by atoms with E-state index in [-0.39, 0.29) is 0 Å². The Hall–Kier alpha value is -3.93. The first-order valence-electron chi connectivity index (χ1n) is 11.9. The number of carbonyl (C=O) groups excluding carboxylic acids is 4. The van der Waals surface area contributed by atoms with Gasteiger partial charge in [-0.3, -0.25) is 4.90 Å². The van der Waals surface area contributed by atoms with E-state index in [0.29, 0.717) is 30.3 Å². The maximum absolute atomic E-state index is 9.41. The fourth-order valence-corrected chi connectivity index (χ4v) is 5.08. The number of nitrogens with zero attached hydrogens (tertiary/aromatic N) is 2. The van der Waals surface area contributed by atoms with Gasteiger partial charge in [0.15, 0.2) is 0 Å². The number of carbonyl (C=O) groups is 4. The summed E-state index contributed by atoms with van der Waals surface area (Å²) < 4.78 is 0. The van der Waals surface area contributed by atoms with Crippen LogP contribution >= 0.6 is 11.8 Å². The summed E-state index contributed by atoms with van der Waals surface area (Å²) in [5.74, 6) is -6.19. The molecule has 0 saturated carbocycles. The summed E-state index contributed by atoms with van der Waals surface area (Å²) in [5.41, 5.74) is 4.39. The summed E-state index contributed by atoms with van der Waals surface area (Å²) in [7, 11) is 2.23. The van der Waals surface area contributed by atoms with E-state index >= 15 is 0 Å². The molecule has 2 aliphatic rings. The number of hydrogen-bond acceptors (Lipinski definition) is 11. The highest BCUT2D eigenvalue weighted by molar-refractivity contribution is 7.99. The molecule has 0 spiro atoms.